The van der Waals surface area contributed by atoms with Gasteiger partial charge in [0.25, 0.3) is 5.56 Å². The minimum absolute atomic E-state index is 0.122. The van der Waals surface area contributed by atoms with Crippen LogP contribution in [0.4, 0.5) is 4.39 Å². The van der Waals surface area contributed by atoms with Crippen LogP contribution < -0.4 is 11.2 Å². The van der Waals surface area contributed by atoms with Gasteiger partial charge >= 0.3 is 5.69 Å². The monoisotopic (exact) mass is 409 g/mol. The molecule has 8 heteroatoms. The molecule has 0 atom stereocenters. The molecule has 1 aromatic carbocycles. The third-order valence-corrected chi connectivity index (χ3v) is 6.54. The van der Waals surface area contributed by atoms with Gasteiger partial charge in [-0.1, -0.05) is 31.0 Å². The molecular weight excluding hydrogens is 385 g/mol. The normalized spacial score (nSPS) is 15.1. The van der Waals surface area contributed by atoms with Crippen LogP contribution >= 0.6 is 0 Å². The number of aromatic nitrogens is 5. The van der Waals surface area contributed by atoms with E-state index in [-0.39, 0.29) is 6.54 Å². The second kappa shape index (κ2) is 6.68. The molecule has 0 N–H and O–H groups in total. The van der Waals surface area contributed by atoms with Crippen molar-refractivity contribution in [1.29, 1.82) is 0 Å². The zero-order valence-corrected chi connectivity index (χ0v) is 17.4. The van der Waals surface area contributed by atoms with E-state index in [9.17, 15) is 14.0 Å². The van der Waals surface area contributed by atoms with Crippen LogP contribution in [-0.4, -0.2) is 23.1 Å². The Morgan fingerprint density at radius 3 is 2.50 bits per heavy atom. The molecule has 3 aromatic heterocycles. The van der Waals surface area contributed by atoms with Crippen LogP contribution in [0.2, 0.25) is 0 Å². The van der Waals surface area contributed by atoms with Crippen LogP contribution in [0.5, 0.6) is 0 Å². The summed E-state index contributed by atoms with van der Waals surface area (Å²) in [6.45, 7) is 3.90. The third kappa shape index (κ3) is 2.52. The summed E-state index contributed by atoms with van der Waals surface area (Å²) in [5, 5.41) is 0. The molecule has 30 heavy (non-hydrogen) atoms. The highest BCUT2D eigenvalue weighted by Crippen LogP contribution is 2.34. The van der Waals surface area contributed by atoms with Gasteiger partial charge in [-0.05, 0) is 32.8 Å². The first-order valence-corrected chi connectivity index (χ1v) is 10.3. The van der Waals surface area contributed by atoms with Crippen LogP contribution in [0.25, 0.3) is 16.9 Å². The van der Waals surface area contributed by atoms with Crippen LogP contribution in [0.1, 0.15) is 48.7 Å². The summed E-state index contributed by atoms with van der Waals surface area (Å²) < 4.78 is 20.8. The van der Waals surface area contributed by atoms with Gasteiger partial charge in [0.05, 0.1) is 6.54 Å². The average molecular weight is 409 g/mol. The third-order valence-electron chi connectivity index (χ3n) is 6.54. The second-order valence-electron chi connectivity index (χ2n) is 8.22. The van der Waals surface area contributed by atoms with Gasteiger partial charge < -0.3 is 4.57 Å². The number of halogens is 1. The van der Waals surface area contributed by atoms with Gasteiger partial charge in [0.15, 0.2) is 11.2 Å². The molecule has 1 aliphatic carbocycles. The van der Waals surface area contributed by atoms with Crippen molar-refractivity contribution in [2.75, 3.05) is 0 Å². The number of imidazole rings is 2. The highest BCUT2D eigenvalue weighted by molar-refractivity contribution is 5.76. The first-order valence-electron chi connectivity index (χ1n) is 10.3. The molecule has 5 rings (SSSR count). The highest BCUT2D eigenvalue weighted by atomic mass is 19.1. The summed E-state index contributed by atoms with van der Waals surface area (Å²) >= 11 is 0. The Morgan fingerprint density at radius 1 is 1.10 bits per heavy atom. The first-order chi connectivity index (χ1) is 14.4. The molecular formula is C22H24FN5O2. The fourth-order valence-corrected chi connectivity index (χ4v) is 4.81. The van der Waals surface area contributed by atoms with Crippen molar-refractivity contribution in [3.63, 3.8) is 0 Å². The number of hydrogen-bond acceptors (Lipinski definition) is 3. The quantitative estimate of drug-likeness (QED) is 0.522. The lowest BCUT2D eigenvalue weighted by molar-refractivity contribution is 0.520. The van der Waals surface area contributed by atoms with E-state index >= 15 is 0 Å². The Bertz CT molecular complexity index is 1420. The van der Waals surface area contributed by atoms with Gasteiger partial charge in [0.1, 0.15) is 5.82 Å². The number of fused-ring (bicyclic) bond motifs is 3. The minimum Gasteiger partial charge on any atom is -0.311 e. The number of hydrogen-bond donors (Lipinski definition) is 0. The lowest BCUT2D eigenvalue weighted by Gasteiger charge is -2.13. The molecule has 0 amide bonds. The molecule has 0 bridgehead atoms. The molecule has 1 saturated carbocycles. The van der Waals surface area contributed by atoms with Gasteiger partial charge in [0.2, 0.25) is 5.78 Å². The highest BCUT2D eigenvalue weighted by Gasteiger charge is 2.27. The van der Waals surface area contributed by atoms with E-state index in [1.165, 1.54) is 23.5 Å². The van der Waals surface area contributed by atoms with Gasteiger partial charge in [0, 0.05) is 30.0 Å². The molecule has 156 valence electrons. The molecule has 0 unspecified atom stereocenters. The van der Waals surface area contributed by atoms with Crippen molar-refractivity contribution in [3.05, 3.63) is 67.9 Å². The van der Waals surface area contributed by atoms with Crippen molar-refractivity contribution in [2.45, 2.75) is 52.1 Å². The first kappa shape index (κ1) is 18.8. The summed E-state index contributed by atoms with van der Waals surface area (Å²) in [6.07, 6.45) is 4.54. The van der Waals surface area contributed by atoms with Gasteiger partial charge in [-0.2, -0.15) is 4.98 Å². The fraction of sp³-hybridized carbons (Fsp3) is 0.409. The molecule has 4 aromatic rings. The molecule has 1 fully saturated rings. The largest absolute Gasteiger partial charge is 0.332 e. The number of aryl methyl sites for hydroxylation is 2. The predicted octanol–water partition coefficient (Wildman–Crippen LogP) is 3.07. The zero-order chi connectivity index (χ0) is 21.2. The molecule has 7 nitrogen and oxygen atoms in total. The predicted molar refractivity (Wildman–Crippen MR) is 113 cm³/mol. The number of benzene rings is 1. The summed E-state index contributed by atoms with van der Waals surface area (Å²) in [6, 6.07) is 6.55. The standard InChI is InChI=1S/C22H24FN5O2/c1-13-14(2)28-18-19(24-21(28)27(13)16-9-5-6-10-16)25(3)22(30)26(20(18)29)12-15-8-4-7-11-17(15)23/h4,7-8,11,16H,5-6,9-10,12H2,1-3H3. The second-order valence-corrected chi connectivity index (χ2v) is 8.22. The van der Waals surface area contributed by atoms with E-state index in [1.807, 2.05) is 18.2 Å². The molecule has 1 aliphatic rings. The lowest BCUT2D eigenvalue weighted by Crippen LogP contribution is -2.39. The van der Waals surface area contributed by atoms with E-state index < -0.39 is 17.1 Å². The van der Waals surface area contributed by atoms with E-state index in [1.54, 1.807) is 25.2 Å². The van der Waals surface area contributed by atoms with E-state index in [2.05, 4.69) is 4.57 Å². The Hall–Kier alpha value is -3.16. The van der Waals surface area contributed by atoms with Crippen molar-refractivity contribution in [3.8, 4) is 0 Å². The molecule has 3 heterocycles. The van der Waals surface area contributed by atoms with Crippen molar-refractivity contribution in [1.82, 2.24) is 23.1 Å². The lowest BCUT2D eigenvalue weighted by atomic mass is 10.2. The Morgan fingerprint density at radius 2 is 1.80 bits per heavy atom. The maximum absolute atomic E-state index is 14.2. The SMILES string of the molecule is Cc1c(C)n2c3c(=O)n(Cc4ccccc4F)c(=O)n(C)c3nc2n1C1CCCC1. The maximum Gasteiger partial charge on any atom is 0.332 e. The Kier molecular flexibility index (Phi) is 4.20. The van der Waals surface area contributed by atoms with Crippen molar-refractivity contribution >= 4 is 16.9 Å². The van der Waals surface area contributed by atoms with Crippen LogP contribution in [-0.2, 0) is 13.6 Å². The molecule has 0 radical (unpaired) electrons. The fourth-order valence-electron chi connectivity index (χ4n) is 4.81. The number of nitrogens with zero attached hydrogens (tertiary/aromatic N) is 5. The van der Waals surface area contributed by atoms with Crippen molar-refractivity contribution in [2.24, 2.45) is 7.05 Å². The topological polar surface area (TPSA) is 66.2 Å². The summed E-state index contributed by atoms with van der Waals surface area (Å²) in [5.41, 5.74) is 2.09. The molecule has 0 saturated heterocycles. The summed E-state index contributed by atoms with van der Waals surface area (Å²) in [4.78, 5) is 31.1. The maximum atomic E-state index is 14.2. The van der Waals surface area contributed by atoms with E-state index in [4.69, 9.17) is 4.98 Å². The van der Waals surface area contributed by atoms with Crippen LogP contribution in [0, 0.1) is 19.7 Å². The Labute approximate surface area is 172 Å². The van der Waals surface area contributed by atoms with Crippen LogP contribution in [0.15, 0.2) is 33.9 Å². The molecule has 0 aliphatic heterocycles. The smallest absolute Gasteiger partial charge is 0.311 e. The van der Waals surface area contributed by atoms with E-state index in [0.29, 0.717) is 28.5 Å². The Balaban J connectivity index is 1.82. The van der Waals surface area contributed by atoms with Gasteiger partial charge in [-0.15, -0.1) is 0 Å². The van der Waals surface area contributed by atoms with Crippen molar-refractivity contribution < 1.29 is 4.39 Å². The van der Waals surface area contributed by atoms with Gasteiger partial charge in [-0.3, -0.25) is 18.3 Å². The van der Waals surface area contributed by atoms with Crippen LogP contribution in [0.3, 0.4) is 0 Å². The zero-order valence-electron chi connectivity index (χ0n) is 17.4. The summed E-state index contributed by atoms with van der Waals surface area (Å²) in [5.74, 6) is 0.257. The average Bonchev–Trinajstić information content (AvgIpc) is 3.43. The summed E-state index contributed by atoms with van der Waals surface area (Å²) in [7, 11) is 1.61. The minimum atomic E-state index is -0.502. The van der Waals surface area contributed by atoms with E-state index in [0.717, 1.165) is 28.8 Å². The molecule has 0 spiro atoms. The number of rotatable bonds is 3. The van der Waals surface area contributed by atoms with Gasteiger partial charge in [-0.25, -0.2) is 9.18 Å².